The van der Waals surface area contributed by atoms with E-state index in [1.54, 1.807) is 0 Å². The molecule has 0 fully saturated rings. The smallest absolute Gasteiger partial charge is 0.119 e. The van der Waals surface area contributed by atoms with E-state index in [2.05, 4.69) is 58.4 Å². The first-order chi connectivity index (χ1) is 15.2. The second-order valence-electron chi connectivity index (χ2n) is 8.11. The molecule has 5 rings (SSSR count). The third kappa shape index (κ3) is 3.94. The SMILES string of the molecule is Cc1cccc(C2c3[nH]c4ccccc4c3CCN2Cc2cccc(OCCO)c2)n1. The Morgan fingerprint density at radius 3 is 2.84 bits per heavy atom. The summed E-state index contributed by atoms with van der Waals surface area (Å²) >= 11 is 0. The van der Waals surface area contributed by atoms with E-state index in [1.165, 1.54) is 27.7 Å². The van der Waals surface area contributed by atoms with Crippen molar-refractivity contribution < 1.29 is 9.84 Å². The Balaban J connectivity index is 1.54. The van der Waals surface area contributed by atoms with Crippen LogP contribution in [0.1, 0.15) is 34.3 Å². The van der Waals surface area contributed by atoms with Gasteiger partial charge in [0.05, 0.1) is 18.3 Å². The number of aliphatic hydroxyl groups excluding tert-OH is 1. The van der Waals surface area contributed by atoms with Gasteiger partial charge in [0.25, 0.3) is 0 Å². The molecule has 0 amide bonds. The Hall–Kier alpha value is -3.15. The predicted octanol–water partition coefficient (Wildman–Crippen LogP) is 4.39. The van der Waals surface area contributed by atoms with Crippen molar-refractivity contribution in [3.05, 3.63) is 94.9 Å². The van der Waals surface area contributed by atoms with E-state index in [-0.39, 0.29) is 12.6 Å². The summed E-state index contributed by atoms with van der Waals surface area (Å²) in [5.41, 5.74) is 7.12. The maximum atomic E-state index is 9.05. The third-order valence-corrected chi connectivity index (χ3v) is 5.97. The molecule has 158 valence electrons. The van der Waals surface area contributed by atoms with E-state index in [0.29, 0.717) is 6.61 Å². The van der Waals surface area contributed by atoms with Crippen LogP contribution < -0.4 is 4.74 Å². The zero-order chi connectivity index (χ0) is 21.2. The average Bonchev–Trinajstić information content (AvgIpc) is 3.16. The number of aliphatic hydroxyl groups is 1. The summed E-state index contributed by atoms with van der Waals surface area (Å²) < 4.78 is 5.62. The minimum absolute atomic E-state index is 0.0145. The molecule has 5 nitrogen and oxygen atoms in total. The van der Waals surface area contributed by atoms with Gasteiger partial charge in [-0.3, -0.25) is 9.88 Å². The van der Waals surface area contributed by atoms with Crippen molar-refractivity contribution in [2.45, 2.75) is 25.9 Å². The number of rotatable bonds is 6. The first kappa shape index (κ1) is 19.8. The lowest BCUT2D eigenvalue weighted by atomic mass is 9.94. The molecular formula is C26H27N3O2. The van der Waals surface area contributed by atoms with Crippen LogP contribution in [0.5, 0.6) is 5.75 Å². The number of aromatic nitrogens is 2. The molecule has 1 atom stereocenters. The van der Waals surface area contributed by atoms with Gasteiger partial charge in [-0.1, -0.05) is 36.4 Å². The fraction of sp³-hybridized carbons (Fsp3) is 0.269. The van der Waals surface area contributed by atoms with Crippen LogP contribution in [-0.4, -0.2) is 39.7 Å². The van der Waals surface area contributed by atoms with Gasteiger partial charge in [-0.05, 0) is 54.8 Å². The number of aromatic amines is 1. The van der Waals surface area contributed by atoms with E-state index in [0.717, 1.165) is 36.6 Å². The van der Waals surface area contributed by atoms with Crippen LogP contribution in [0, 0.1) is 6.92 Å². The van der Waals surface area contributed by atoms with Gasteiger partial charge in [0, 0.05) is 35.4 Å². The molecule has 3 heterocycles. The maximum absolute atomic E-state index is 9.05. The summed E-state index contributed by atoms with van der Waals surface area (Å²) in [6.07, 6.45) is 1.00. The van der Waals surface area contributed by atoms with Crippen LogP contribution in [0.2, 0.25) is 0 Å². The summed E-state index contributed by atoms with van der Waals surface area (Å²) in [6.45, 7) is 4.12. The van der Waals surface area contributed by atoms with Crippen LogP contribution in [0.4, 0.5) is 0 Å². The highest BCUT2D eigenvalue weighted by Gasteiger charge is 2.32. The molecule has 0 saturated carbocycles. The van der Waals surface area contributed by atoms with E-state index >= 15 is 0 Å². The molecule has 2 aromatic carbocycles. The van der Waals surface area contributed by atoms with E-state index in [1.807, 2.05) is 25.1 Å². The second-order valence-corrected chi connectivity index (χ2v) is 8.11. The highest BCUT2D eigenvalue weighted by Crippen LogP contribution is 2.38. The van der Waals surface area contributed by atoms with Crippen molar-refractivity contribution in [1.29, 1.82) is 0 Å². The van der Waals surface area contributed by atoms with Crippen molar-refractivity contribution in [3.63, 3.8) is 0 Å². The van der Waals surface area contributed by atoms with E-state index < -0.39 is 0 Å². The number of hydrogen-bond donors (Lipinski definition) is 2. The monoisotopic (exact) mass is 413 g/mol. The number of benzene rings is 2. The van der Waals surface area contributed by atoms with E-state index in [4.69, 9.17) is 14.8 Å². The number of pyridine rings is 1. The van der Waals surface area contributed by atoms with Gasteiger partial charge in [0.15, 0.2) is 0 Å². The standard InChI is InChI=1S/C26H27N3O2/c1-18-6-4-11-24(27-18)26-25-22(21-9-2-3-10-23(21)28-25)12-13-29(26)17-19-7-5-8-20(16-19)31-15-14-30/h2-11,16,26,28,30H,12-15,17H2,1H3. The first-order valence-electron chi connectivity index (χ1n) is 10.8. The first-order valence-corrected chi connectivity index (χ1v) is 10.8. The minimum atomic E-state index is 0.0145. The lowest BCUT2D eigenvalue weighted by Gasteiger charge is -2.35. The third-order valence-electron chi connectivity index (χ3n) is 5.97. The number of nitrogens with one attached hydrogen (secondary N) is 1. The molecule has 1 aliphatic rings. The van der Waals surface area contributed by atoms with Gasteiger partial charge < -0.3 is 14.8 Å². The molecule has 5 heteroatoms. The minimum Gasteiger partial charge on any atom is -0.491 e. The van der Waals surface area contributed by atoms with Gasteiger partial charge in [-0.25, -0.2) is 0 Å². The Kier molecular flexibility index (Phi) is 5.45. The second kappa shape index (κ2) is 8.53. The van der Waals surface area contributed by atoms with Crippen LogP contribution in [0.25, 0.3) is 10.9 Å². The highest BCUT2D eigenvalue weighted by atomic mass is 16.5. The molecular weight excluding hydrogens is 386 g/mol. The summed E-state index contributed by atoms with van der Waals surface area (Å²) in [7, 11) is 0. The largest absolute Gasteiger partial charge is 0.491 e. The molecule has 31 heavy (non-hydrogen) atoms. The number of nitrogens with zero attached hydrogens (tertiary/aromatic N) is 2. The average molecular weight is 414 g/mol. The molecule has 1 unspecified atom stereocenters. The van der Waals surface area contributed by atoms with Crippen LogP contribution in [0.15, 0.2) is 66.7 Å². The summed E-state index contributed by atoms with van der Waals surface area (Å²) in [5.74, 6) is 0.792. The molecule has 0 radical (unpaired) electrons. The van der Waals surface area contributed by atoms with Crippen LogP contribution in [0.3, 0.4) is 0 Å². The van der Waals surface area contributed by atoms with Crippen molar-refractivity contribution in [3.8, 4) is 5.75 Å². The van der Waals surface area contributed by atoms with Gasteiger partial charge in [0.2, 0.25) is 0 Å². The lowest BCUT2D eigenvalue weighted by Crippen LogP contribution is -2.36. The van der Waals surface area contributed by atoms with Crippen molar-refractivity contribution >= 4 is 10.9 Å². The number of para-hydroxylation sites is 1. The fourth-order valence-electron chi connectivity index (χ4n) is 4.64. The molecule has 0 aliphatic carbocycles. The van der Waals surface area contributed by atoms with Gasteiger partial charge in [-0.2, -0.15) is 0 Å². The Bertz CT molecular complexity index is 1200. The summed E-state index contributed by atoms with van der Waals surface area (Å²) in [5, 5.41) is 10.4. The van der Waals surface area contributed by atoms with Crippen molar-refractivity contribution in [1.82, 2.24) is 14.9 Å². The van der Waals surface area contributed by atoms with Crippen molar-refractivity contribution in [2.75, 3.05) is 19.8 Å². The molecule has 0 bridgehead atoms. The molecule has 0 spiro atoms. The highest BCUT2D eigenvalue weighted by molar-refractivity contribution is 5.85. The van der Waals surface area contributed by atoms with Crippen LogP contribution >= 0.6 is 0 Å². The number of H-pyrrole nitrogens is 1. The van der Waals surface area contributed by atoms with Gasteiger partial charge in [0.1, 0.15) is 12.4 Å². The molecule has 2 aromatic heterocycles. The van der Waals surface area contributed by atoms with E-state index in [9.17, 15) is 0 Å². The summed E-state index contributed by atoms with van der Waals surface area (Å²) in [4.78, 5) is 11.1. The Morgan fingerprint density at radius 1 is 1.10 bits per heavy atom. The fourth-order valence-corrected chi connectivity index (χ4v) is 4.64. The quantitative estimate of drug-likeness (QED) is 0.492. The molecule has 2 N–H and O–H groups in total. The molecule has 1 aliphatic heterocycles. The zero-order valence-corrected chi connectivity index (χ0v) is 17.7. The van der Waals surface area contributed by atoms with Gasteiger partial charge in [-0.15, -0.1) is 0 Å². The number of hydrogen-bond acceptors (Lipinski definition) is 4. The normalized spacial score (nSPS) is 16.4. The number of fused-ring (bicyclic) bond motifs is 3. The Labute approximate surface area is 182 Å². The number of aryl methyl sites for hydroxylation is 1. The number of ether oxygens (including phenoxy) is 1. The lowest BCUT2D eigenvalue weighted by molar-refractivity contribution is 0.195. The van der Waals surface area contributed by atoms with Crippen molar-refractivity contribution in [2.24, 2.45) is 0 Å². The van der Waals surface area contributed by atoms with Crippen LogP contribution in [-0.2, 0) is 13.0 Å². The Morgan fingerprint density at radius 2 is 1.97 bits per heavy atom. The summed E-state index contributed by atoms with van der Waals surface area (Å²) in [6, 6.07) is 23.0. The maximum Gasteiger partial charge on any atom is 0.119 e. The van der Waals surface area contributed by atoms with Gasteiger partial charge >= 0.3 is 0 Å². The topological polar surface area (TPSA) is 61.4 Å². The molecule has 4 aromatic rings. The zero-order valence-electron chi connectivity index (χ0n) is 17.7. The predicted molar refractivity (Wildman–Crippen MR) is 122 cm³/mol. The molecule has 0 saturated heterocycles.